The van der Waals surface area contributed by atoms with Crippen molar-refractivity contribution in [1.82, 2.24) is 4.90 Å². The Morgan fingerprint density at radius 1 is 1.12 bits per heavy atom. The average molecular weight is 358 g/mol. The summed E-state index contributed by atoms with van der Waals surface area (Å²) >= 11 is 6.82. The topological polar surface area (TPSA) is 37.4 Å². The molecule has 0 saturated carbocycles. The number of allylic oxidation sites excluding steroid dienone is 1. The van der Waals surface area contributed by atoms with Crippen LogP contribution in [0.1, 0.15) is 27.6 Å². The molecule has 1 aliphatic carbocycles. The Balaban J connectivity index is 2.17. The van der Waals surface area contributed by atoms with Crippen molar-refractivity contribution >= 4 is 39.9 Å². The SMILES string of the molecule is C=CCN(CC=C)C(=S)SCC1=C(C)C(=O)c2ccccc2C1=O. The van der Waals surface area contributed by atoms with Crippen molar-refractivity contribution in [3.63, 3.8) is 0 Å². The maximum Gasteiger partial charge on any atom is 0.191 e. The number of hydrogen-bond acceptors (Lipinski definition) is 4. The van der Waals surface area contributed by atoms with Gasteiger partial charge in [-0.05, 0) is 6.92 Å². The molecule has 1 aliphatic rings. The number of fused-ring (bicyclic) bond motifs is 1. The summed E-state index contributed by atoms with van der Waals surface area (Å²) in [7, 11) is 0. The van der Waals surface area contributed by atoms with Crippen LogP contribution in [0.5, 0.6) is 0 Å². The van der Waals surface area contributed by atoms with Crippen LogP contribution in [0.2, 0.25) is 0 Å². The summed E-state index contributed by atoms with van der Waals surface area (Å²) in [6, 6.07) is 6.95. The molecule has 1 aromatic rings. The second-order valence-corrected chi connectivity index (χ2v) is 6.95. The van der Waals surface area contributed by atoms with Crippen molar-refractivity contribution in [3.8, 4) is 0 Å². The summed E-state index contributed by atoms with van der Waals surface area (Å²) in [5.41, 5.74) is 2.00. The summed E-state index contributed by atoms with van der Waals surface area (Å²) in [4.78, 5) is 27.1. The van der Waals surface area contributed by atoms with Crippen molar-refractivity contribution in [3.05, 3.63) is 71.8 Å². The standard InChI is InChI=1S/C19H19NO2S2/c1-4-10-20(11-5-2)19(23)24-12-16-13(3)17(21)14-8-6-7-9-15(14)18(16)22/h4-9H,1-2,10-12H2,3H3. The molecule has 5 heteroatoms. The van der Waals surface area contributed by atoms with E-state index in [-0.39, 0.29) is 11.6 Å². The number of benzene rings is 1. The molecule has 124 valence electrons. The molecule has 0 fully saturated rings. The van der Waals surface area contributed by atoms with Gasteiger partial charge in [0.2, 0.25) is 0 Å². The zero-order valence-electron chi connectivity index (χ0n) is 13.6. The number of nitrogens with zero attached hydrogens (tertiary/aromatic N) is 1. The Hall–Kier alpha value is -1.98. The van der Waals surface area contributed by atoms with Crippen LogP contribution in [-0.4, -0.2) is 39.6 Å². The molecule has 0 saturated heterocycles. The monoisotopic (exact) mass is 357 g/mol. The normalized spacial score (nSPS) is 13.5. The van der Waals surface area contributed by atoms with Gasteiger partial charge in [-0.2, -0.15) is 0 Å². The van der Waals surface area contributed by atoms with Crippen LogP contribution < -0.4 is 0 Å². The van der Waals surface area contributed by atoms with E-state index in [1.165, 1.54) is 11.8 Å². The van der Waals surface area contributed by atoms with E-state index < -0.39 is 0 Å². The van der Waals surface area contributed by atoms with Crippen LogP contribution in [0.3, 0.4) is 0 Å². The number of ketones is 2. The highest BCUT2D eigenvalue weighted by molar-refractivity contribution is 8.23. The number of thioether (sulfide) groups is 1. The fourth-order valence-corrected chi connectivity index (χ4v) is 3.76. The third-order valence-corrected chi connectivity index (χ3v) is 5.33. The van der Waals surface area contributed by atoms with E-state index >= 15 is 0 Å². The van der Waals surface area contributed by atoms with E-state index in [1.54, 1.807) is 43.3 Å². The van der Waals surface area contributed by atoms with Crippen molar-refractivity contribution in [2.45, 2.75) is 6.92 Å². The van der Waals surface area contributed by atoms with E-state index in [1.807, 2.05) is 4.90 Å². The smallest absolute Gasteiger partial charge is 0.191 e. The summed E-state index contributed by atoms with van der Waals surface area (Å²) in [6.45, 7) is 10.4. The molecular weight excluding hydrogens is 338 g/mol. The Bertz CT molecular complexity index is 739. The fraction of sp³-hybridized carbons (Fsp3) is 0.211. The summed E-state index contributed by atoms with van der Waals surface area (Å²) < 4.78 is 0.661. The number of hydrogen-bond donors (Lipinski definition) is 0. The molecule has 0 amide bonds. The van der Waals surface area contributed by atoms with E-state index in [4.69, 9.17) is 12.2 Å². The summed E-state index contributed by atoms with van der Waals surface area (Å²) in [6.07, 6.45) is 3.54. The first-order chi connectivity index (χ1) is 11.5. The zero-order valence-corrected chi connectivity index (χ0v) is 15.2. The van der Waals surface area contributed by atoms with Gasteiger partial charge in [0.1, 0.15) is 4.32 Å². The molecular formula is C19H19NO2S2. The highest BCUT2D eigenvalue weighted by atomic mass is 32.2. The number of thiocarbonyl (C=S) groups is 1. The lowest BCUT2D eigenvalue weighted by Gasteiger charge is -2.23. The average Bonchev–Trinajstić information content (AvgIpc) is 2.59. The van der Waals surface area contributed by atoms with Crippen molar-refractivity contribution in [2.24, 2.45) is 0 Å². The molecule has 3 nitrogen and oxygen atoms in total. The van der Waals surface area contributed by atoms with Gasteiger partial charge in [0, 0.05) is 41.1 Å². The highest BCUT2D eigenvalue weighted by Crippen LogP contribution is 2.28. The lowest BCUT2D eigenvalue weighted by Crippen LogP contribution is -2.29. The minimum absolute atomic E-state index is 0.0826. The van der Waals surface area contributed by atoms with Gasteiger partial charge < -0.3 is 4.90 Å². The van der Waals surface area contributed by atoms with Gasteiger partial charge >= 0.3 is 0 Å². The molecule has 0 aromatic heterocycles. The quantitative estimate of drug-likeness (QED) is 0.567. The minimum atomic E-state index is -0.0861. The largest absolute Gasteiger partial charge is 0.350 e. The summed E-state index contributed by atoms with van der Waals surface area (Å²) in [5.74, 6) is 0.215. The Kier molecular flexibility index (Phi) is 6.29. The predicted octanol–water partition coefficient (Wildman–Crippen LogP) is 4.07. The third kappa shape index (κ3) is 3.74. The van der Waals surface area contributed by atoms with Gasteiger partial charge in [0.05, 0.1) is 0 Å². The second kappa shape index (κ2) is 8.22. The van der Waals surface area contributed by atoms with Gasteiger partial charge in [-0.25, -0.2) is 0 Å². The molecule has 2 rings (SSSR count). The molecule has 24 heavy (non-hydrogen) atoms. The van der Waals surface area contributed by atoms with Gasteiger partial charge in [-0.3, -0.25) is 9.59 Å². The van der Waals surface area contributed by atoms with Crippen LogP contribution in [0.4, 0.5) is 0 Å². The highest BCUT2D eigenvalue weighted by Gasteiger charge is 2.29. The maximum atomic E-state index is 12.7. The molecule has 0 atom stereocenters. The molecule has 1 aromatic carbocycles. The molecule has 0 radical (unpaired) electrons. The van der Waals surface area contributed by atoms with Crippen molar-refractivity contribution in [1.29, 1.82) is 0 Å². The van der Waals surface area contributed by atoms with Gasteiger partial charge in [0.15, 0.2) is 11.6 Å². The molecule has 0 unspecified atom stereocenters. The third-order valence-electron chi connectivity index (χ3n) is 3.78. The van der Waals surface area contributed by atoms with E-state index in [2.05, 4.69) is 13.2 Å². The molecule has 0 N–H and O–H groups in total. The number of carbonyl (C=O) groups excluding carboxylic acids is 2. The lowest BCUT2D eigenvalue weighted by molar-refractivity contribution is 0.0975. The summed E-state index contributed by atoms with van der Waals surface area (Å²) in [5, 5.41) is 0. The first-order valence-corrected chi connectivity index (χ1v) is 8.92. The fourth-order valence-electron chi connectivity index (χ4n) is 2.49. The van der Waals surface area contributed by atoms with Crippen LogP contribution in [0.15, 0.2) is 60.7 Å². The number of carbonyl (C=O) groups is 2. The molecule has 0 heterocycles. The van der Waals surface area contributed by atoms with Crippen LogP contribution in [0.25, 0.3) is 0 Å². The van der Waals surface area contributed by atoms with Crippen LogP contribution in [-0.2, 0) is 0 Å². The van der Waals surface area contributed by atoms with Crippen LogP contribution in [0, 0.1) is 0 Å². The minimum Gasteiger partial charge on any atom is -0.350 e. The Morgan fingerprint density at radius 2 is 1.67 bits per heavy atom. The van der Waals surface area contributed by atoms with Gasteiger partial charge in [-0.15, -0.1) is 13.2 Å². The lowest BCUT2D eigenvalue weighted by atomic mass is 9.85. The van der Waals surface area contributed by atoms with Crippen molar-refractivity contribution < 1.29 is 9.59 Å². The van der Waals surface area contributed by atoms with Gasteiger partial charge in [0.25, 0.3) is 0 Å². The van der Waals surface area contributed by atoms with E-state index in [9.17, 15) is 9.59 Å². The zero-order chi connectivity index (χ0) is 17.7. The van der Waals surface area contributed by atoms with Crippen molar-refractivity contribution in [2.75, 3.05) is 18.8 Å². The first kappa shape index (κ1) is 18.4. The molecule has 0 aliphatic heterocycles. The van der Waals surface area contributed by atoms with E-state index in [0.29, 0.717) is 45.4 Å². The van der Waals surface area contributed by atoms with Gasteiger partial charge in [-0.1, -0.05) is 60.4 Å². The Labute approximate surface area is 152 Å². The maximum absolute atomic E-state index is 12.7. The first-order valence-electron chi connectivity index (χ1n) is 7.53. The molecule has 0 bridgehead atoms. The second-order valence-electron chi connectivity index (χ2n) is 5.34. The predicted molar refractivity (Wildman–Crippen MR) is 105 cm³/mol. The van der Waals surface area contributed by atoms with E-state index in [0.717, 1.165) is 0 Å². The molecule has 0 spiro atoms. The van der Waals surface area contributed by atoms with Crippen LogP contribution >= 0.6 is 24.0 Å². The Morgan fingerprint density at radius 3 is 2.21 bits per heavy atom. The number of rotatable bonds is 6. The number of Topliss-reactive ketones (excluding diaryl/α,β-unsaturated/α-hetero) is 2.